The van der Waals surface area contributed by atoms with Crippen LogP contribution in [0, 0.1) is 0 Å². The number of hydrogen-bond acceptors (Lipinski definition) is 9. The standard InChI is InChI=1S/C42H72NO10P/c1-3-5-7-9-11-13-15-17-19-21-23-25-27-29-31-33-40(44)50-35-38(36-51-54(48,49)52-37-39(43)42(46)47)53-41(45)34-32-30-28-26-24-22-20-18-16-14-12-10-8-6-4-2/h5,7,9,11,13,15,17,19,28,30,38-39H,3-4,6,8,10,12,14,16,18,20-27,29,31-37,43H2,1-2H3,(H,46,47)(H,48,49)/b7-5+,11-9+,15-13+,19-17+,30-28+/t38-,39+/m1/s1. The molecule has 0 fully saturated rings. The SMILES string of the molecule is CC/C=C/C=C/C=C/C=C/CCCCCCCC(=O)OC[C@H](COP(=O)(O)OC[C@H](N)C(=O)O)OC(=O)CC/C=C/CCCCCCCCCCCCC. The maximum Gasteiger partial charge on any atom is 0.472 e. The average Bonchev–Trinajstić information content (AvgIpc) is 3.14. The van der Waals surface area contributed by atoms with Crippen LogP contribution in [-0.4, -0.2) is 59.9 Å². The maximum atomic E-state index is 12.6. The molecule has 1 unspecified atom stereocenters. The van der Waals surface area contributed by atoms with Crippen molar-refractivity contribution in [3.05, 3.63) is 60.8 Å². The molecule has 0 saturated heterocycles. The summed E-state index contributed by atoms with van der Waals surface area (Å²) in [4.78, 5) is 45.8. The topological polar surface area (TPSA) is 172 Å². The van der Waals surface area contributed by atoms with E-state index in [-0.39, 0.29) is 19.4 Å². The minimum absolute atomic E-state index is 0.0702. The number of carboxylic acid groups (broad SMARTS) is 1. The fourth-order valence-corrected chi connectivity index (χ4v) is 5.93. The number of aliphatic carboxylic acids is 1. The molecule has 0 amide bonds. The van der Waals surface area contributed by atoms with Gasteiger partial charge in [0, 0.05) is 12.8 Å². The van der Waals surface area contributed by atoms with Crippen molar-refractivity contribution in [2.24, 2.45) is 5.73 Å². The summed E-state index contributed by atoms with van der Waals surface area (Å²) in [5, 5.41) is 8.87. The number of unbranched alkanes of at least 4 members (excludes halogenated alkanes) is 16. The van der Waals surface area contributed by atoms with Crippen LogP contribution in [0.5, 0.6) is 0 Å². The van der Waals surface area contributed by atoms with Crippen molar-refractivity contribution >= 4 is 25.7 Å². The monoisotopic (exact) mass is 781 g/mol. The van der Waals surface area contributed by atoms with Gasteiger partial charge in [0.2, 0.25) is 0 Å². The van der Waals surface area contributed by atoms with E-state index < -0.39 is 51.1 Å². The Kier molecular flexibility index (Phi) is 35.2. The van der Waals surface area contributed by atoms with E-state index in [1.807, 2.05) is 42.5 Å². The highest BCUT2D eigenvalue weighted by Gasteiger charge is 2.28. The Bertz CT molecular complexity index is 1150. The van der Waals surface area contributed by atoms with Crippen LogP contribution in [0.25, 0.3) is 0 Å². The summed E-state index contributed by atoms with van der Waals surface area (Å²) in [5.41, 5.74) is 5.32. The van der Waals surface area contributed by atoms with Crippen LogP contribution < -0.4 is 5.73 Å². The van der Waals surface area contributed by atoms with Gasteiger partial charge in [-0.3, -0.25) is 23.4 Å². The molecule has 0 aliphatic carbocycles. The Morgan fingerprint density at radius 1 is 0.593 bits per heavy atom. The Labute approximate surface area is 326 Å². The van der Waals surface area contributed by atoms with Crippen LogP contribution in [0.3, 0.4) is 0 Å². The normalized spacial score (nSPS) is 14.4. The van der Waals surface area contributed by atoms with E-state index in [0.29, 0.717) is 12.8 Å². The molecule has 11 nitrogen and oxygen atoms in total. The highest BCUT2D eigenvalue weighted by molar-refractivity contribution is 7.47. The average molecular weight is 782 g/mol. The second-order valence-electron chi connectivity index (χ2n) is 13.5. The van der Waals surface area contributed by atoms with Crippen LogP contribution in [0.15, 0.2) is 60.8 Å². The summed E-state index contributed by atoms with van der Waals surface area (Å²) in [6.07, 6.45) is 41.6. The van der Waals surface area contributed by atoms with Crippen molar-refractivity contribution in [3.8, 4) is 0 Å². The lowest BCUT2D eigenvalue weighted by atomic mass is 10.1. The van der Waals surface area contributed by atoms with Gasteiger partial charge < -0.3 is 25.2 Å². The van der Waals surface area contributed by atoms with Gasteiger partial charge in [-0.25, -0.2) is 4.57 Å². The highest BCUT2D eigenvalue weighted by Crippen LogP contribution is 2.43. The van der Waals surface area contributed by atoms with Gasteiger partial charge in [-0.1, -0.05) is 158 Å². The largest absolute Gasteiger partial charge is 0.480 e. The lowest BCUT2D eigenvalue weighted by molar-refractivity contribution is -0.161. The first-order valence-corrected chi connectivity index (χ1v) is 21.9. The third-order valence-electron chi connectivity index (χ3n) is 8.36. The molecule has 0 rings (SSSR count). The minimum atomic E-state index is -4.73. The number of phosphoric acid groups is 1. The van der Waals surface area contributed by atoms with Crippen molar-refractivity contribution < 1.29 is 47.5 Å². The highest BCUT2D eigenvalue weighted by atomic mass is 31.2. The molecule has 0 saturated carbocycles. The Balaban J connectivity index is 4.49. The second-order valence-corrected chi connectivity index (χ2v) is 14.9. The molecule has 0 aromatic rings. The molecular formula is C42H72NO10P. The van der Waals surface area contributed by atoms with E-state index >= 15 is 0 Å². The van der Waals surface area contributed by atoms with Crippen molar-refractivity contribution in [1.29, 1.82) is 0 Å². The van der Waals surface area contributed by atoms with Gasteiger partial charge >= 0.3 is 25.7 Å². The fourth-order valence-electron chi connectivity index (χ4n) is 5.15. The number of rotatable bonds is 37. The first-order chi connectivity index (χ1) is 26.1. The predicted molar refractivity (Wildman–Crippen MR) is 217 cm³/mol. The van der Waals surface area contributed by atoms with E-state index in [0.717, 1.165) is 51.4 Å². The van der Waals surface area contributed by atoms with Gasteiger partial charge in [-0.05, 0) is 44.9 Å². The molecule has 0 aliphatic heterocycles. The quantitative estimate of drug-likeness (QED) is 0.0180. The van der Waals surface area contributed by atoms with Gasteiger partial charge in [0.05, 0.1) is 13.2 Å². The molecule has 0 aliphatic rings. The second kappa shape index (κ2) is 37.1. The zero-order chi connectivity index (χ0) is 40.0. The van der Waals surface area contributed by atoms with Crippen molar-refractivity contribution in [1.82, 2.24) is 0 Å². The van der Waals surface area contributed by atoms with Gasteiger partial charge in [0.25, 0.3) is 0 Å². The maximum absolute atomic E-state index is 12.6. The van der Waals surface area contributed by atoms with Gasteiger partial charge in [-0.2, -0.15) is 0 Å². The molecule has 0 aromatic carbocycles. The number of carbonyl (C=O) groups excluding carboxylic acids is 2. The van der Waals surface area contributed by atoms with Crippen LogP contribution in [0.2, 0.25) is 0 Å². The van der Waals surface area contributed by atoms with E-state index in [4.69, 9.17) is 24.8 Å². The smallest absolute Gasteiger partial charge is 0.472 e. The first kappa shape index (κ1) is 51.2. The number of nitrogens with two attached hydrogens (primary N) is 1. The van der Waals surface area contributed by atoms with E-state index in [1.54, 1.807) is 0 Å². The summed E-state index contributed by atoms with van der Waals surface area (Å²) in [6, 6.07) is -1.53. The van der Waals surface area contributed by atoms with Gasteiger partial charge in [-0.15, -0.1) is 0 Å². The van der Waals surface area contributed by atoms with E-state index in [2.05, 4.69) is 36.6 Å². The summed E-state index contributed by atoms with van der Waals surface area (Å²) in [5.74, 6) is -2.48. The molecule has 54 heavy (non-hydrogen) atoms. The Morgan fingerprint density at radius 3 is 1.69 bits per heavy atom. The Hall–Kier alpha value is -2.82. The molecule has 310 valence electrons. The number of allylic oxidation sites excluding steroid dienone is 10. The zero-order valence-corrected chi connectivity index (χ0v) is 34.2. The third kappa shape index (κ3) is 36.2. The Morgan fingerprint density at radius 2 is 1.09 bits per heavy atom. The molecule has 0 radical (unpaired) electrons. The van der Waals surface area contributed by atoms with Crippen molar-refractivity contribution in [2.75, 3.05) is 19.8 Å². The van der Waals surface area contributed by atoms with E-state index in [1.165, 1.54) is 64.2 Å². The molecule has 3 atom stereocenters. The van der Waals surface area contributed by atoms with Crippen LogP contribution in [0.1, 0.15) is 155 Å². The van der Waals surface area contributed by atoms with Gasteiger partial charge in [0.1, 0.15) is 12.6 Å². The van der Waals surface area contributed by atoms with Crippen molar-refractivity contribution in [2.45, 2.75) is 167 Å². The summed E-state index contributed by atoms with van der Waals surface area (Å²) >= 11 is 0. The number of carboxylic acids is 1. The predicted octanol–water partition coefficient (Wildman–Crippen LogP) is 10.4. The lowest BCUT2D eigenvalue weighted by Gasteiger charge is -2.20. The molecular weight excluding hydrogens is 709 g/mol. The summed E-state index contributed by atoms with van der Waals surface area (Å²) in [7, 11) is -4.73. The molecule has 0 aromatic heterocycles. The third-order valence-corrected chi connectivity index (χ3v) is 9.31. The molecule has 0 bridgehead atoms. The lowest BCUT2D eigenvalue weighted by Crippen LogP contribution is -2.34. The summed E-state index contributed by atoms with van der Waals surface area (Å²) in [6.45, 7) is 2.59. The molecule has 0 spiro atoms. The number of hydrogen-bond donors (Lipinski definition) is 3. The zero-order valence-electron chi connectivity index (χ0n) is 33.3. The molecule has 4 N–H and O–H groups in total. The van der Waals surface area contributed by atoms with Gasteiger partial charge in [0.15, 0.2) is 6.10 Å². The molecule has 12 heteroatoms. The van der Waals surface area contributed by atoms with E-state index in [9.17, 15) is 23.8 Å². The summed E-state index contributed by atoms with van der Waals surface area (Å²) < 4.78 is 32.5. The van der Waals surface area contributed by atoms with Crippen LogP contribution in [0.4, 0.5) is 0 Å². The number of esters is 2. The number of carbonyl (C=O) groups is 3. The minimum Gasteiger partial charge on any atom is -0.480 e. The fraction of sp³-hybridized carbons (Fsp3) is 0.690. The number of phosphoric ester groups is 1. The van der Waals surface area contributed by atoms with Crippen molar-refractivity contribution in [3.63, 3.8) is 0 Å². The molecule has 0 heterocycles. The van der Waals surface area contributed by atoms with Crippen LogP contribution in [-0.2, 0) is 37.5 Å². The number of ether oxygens (including phenoxy) is 2. The first-order valence-electron chi connectivity index (χ1n) is 20.4. The van der Waals surface area contributed by atoms with Crippen LogP contribution >= 0.6 is 7.82 Å².